The van der Waals surface area contributed by atoms with Crippen molar-refractivity contribution < 1.29 is 105 Å². The third-order valence-corrected chi connectivity index (χ3v) is 8.03. The summed E-state index contributed by atoms with van der Waals surface area (Å²) in [7, 11) is 0. The van der Waals surface area contributed by atoms with Crippen molar-refractivity contribution in [3.63, 3.8) is 0 Å². The molecule has 6 nitrogen and oxygen atoms in total. The molecule has 55 heavy (non-hydrogen) atoms. The summed E-state index contributed by atoms with van der Waals surface area (Å²) < 4.78 is 243. The fourth-order valence-corrected chi connectivity index (χ4v) is 4.69. The second kappa shape index (κ2) is 17.5. The van der Waals surface area contributed by atoms with Crippen molar-refractivity contribution in [1.29, 1.82) is 0 Å². The number of aliphatic hydroxyl groups excluding tert-OH is 4. The minimum Gasteiger partial charge on any atom is -0.493 e. The highest BCUT2D eigenvalue weighted by molar-refractivity contribution is 5.66. The number of benzene rings is 2. The maximum Gasteiger partial charge on any atom is 0.460 e. The van der Waals surface area contributed by atoms with Gasteiger partial charge < -0.3 is 29.9 Å². The molecule has 0 radical (unpaired) electrons. The highest BCUT2D eigenvalue weighted by Gasteiger charge is 2.95. The molecule has 0 bridgehead atoms. The molecule has 316 valence electrons. The van der Waals surface area contributed by atoms with E-state index in [1.54, 1.807) is 0 Å². The van der Waals surface area contributed by atoms with Gasteiger partial charge >= 0.3 is 47.6 Å². The van der Waals surface area contributed by atoms with Gasteiger partial charge in [0.2, 0.25) is 0 Å². The lowest BCUT2D eigenvalue weighted by atomic mass is 9.87. The topological polar surface area (TPSA) is 99.4 Å². The van der Waals surface area contributed by atoms with Crippen molar-refractivity contribution in [3.05, 3.63) is 48.0 Å². The molecule has 2 unspecified atom stereocenters. The summed E-state index contributed by atoms with van der Waals surface area (Å²) in [4.78, 5) is 0. The van der Waals surface area contributed by atoms with Gasteiger partial charge in [0, 0.05) is 6.42 Å². The van der Waals surface area contributed by atoms with Crippen LogP contribution in [0.3, 0.4) is 0 Å². The lowest BCUT2D eigenvalue weighted by Crippen LogP contribution is -2.74. The Hall–Kier alpha value is -3.31. The number of rotatable bonds is 22. The Kier molecular flexibility index (Phi) is 15.2. The van der Waals surface area contributed by atoms with Gasteiger partial charge in [0.25, 0.3) is 0 Å². The quantitative estimate of drug-likeness (QED) is 0.0704. The van der Waals surface area contributed by atoms with Gasteiger partial charge in [0.15, 0.2) is 0 Å². The van der Waals surface area contributed by atoms with E-state index in [-0.39, 0.29) is 55.1 Å². The van der Waals surface area contributed by atoms with Crippen LogP contribution in [0.15, 0.2) is 42.5 Å². The molecule has 0 spiro atoms. The van der Waals surface area contributed by atoms with E-state index in [1.807, 2.05) is 0 Å². The number of aliphatic hydroxyl groups is 4. The van der Waals surface area contributed by atoms with Crippen LogP contribution in [-0.4, -0.2) is 107 Å². The van der Waals surface area contributed by atoms with Crippen LogP contribution in [0.4, 0.5) is 74.6 Å². The Bertz CT molecular complexity index is 1520. The van der Waals surface area contributed by atoms with E-state index in [0.717, 1.165) is 0 Å². The van der Waals surface area contributed by atoms with E-state index in [9.17, 15) is 84.9 Å². The third kappa shape index (κ3) is 9.81. The molecule has 2 rings (SSSR count). The van der Waals surface area contributed by atoms with Gasteiger partial charge in [-0.1, -0.05) is 18.2 Å². The van der Waals surface area contributed by atoms with Crippen LogP contribution in [0.25, 0.3) is 11.1 Å². The molecule has 2 aromatic rings. The second-order valence-electron chi connectivity index (χ2n) is 12.2. The van der Waals surface area contributed by atoms with Crippen LogP contribution in [0.5, 0.6) is 11.5 Å². The molecular weight excluding hydrogens is 803 g/mol. The Labute approximate surface area is 300 Å². The molecule has 0 fully saturated rings. The summed E-state index contributed by atoms with van der Waals surface area (Å²) in [5.41, 5.74) is 0.460. The van der Waals surface area contributed by atoms with Crippen molar-refractivity contribution in [3.8, 4) is 22.6 Å². The number of hydrogen-bond donors (Lipinski definition) is 4. The van der Waals surface area contributed by atoms with E-state index >= 15 is 0 Å². The molecule has 23 heteroatoms. The number of aryl methyl sites for hydroxylation is 1. The van der Waals surface area contributed by atoms with Crippen molar-refractivity contribution in [2.75, 3.05) is 26.4 Å². The minimum atomic E-state index is -8.70. The zero-order valence-electron chi connectivity index (χ0n) is 27.8. The summed E-state index contributed by atoms with van der Waals surface area (Å²) in [6.45, 7) is -1.63. The van der Waals surface area contributed by atoms with Crippen LogP contribution < -0.4 is 9.47 Å². The van der Waals surface area contributed by atoms with Gasteiger partial charge in [-0.05, 0) is 73.1 Å². The van der Waals surface area contributed by atoms with Gasteiger partial charge in [-0.15, -0.1) is 0 Å². The van der Waals surface area contributed by atoms with E-state index in [0.29, 0.717) is 5.56 Å². The Morgan fingerprint density at radius 3 is 1.53 bits per heavy atom. The molecule has 0 aliphatic rings. The van der Waals surface area contributed by atoms with Gasteiger partial charge in [-0.2, -0.15) is 74.6 Å². The van der Waals surface area contributed by atoms with Crippen molar-refractivity contribution in [2.45, 2.75) is 98.4 Å². The lowest BCUT2D eigenvalue weighted by Gasteiger charge is -2.42. The largest absolute Gasteiger partial charge is 0.493 e. The molecule has 0 heterocycles. The Balaban J connectivity index is 2.39. The first-order valence-electron chi connectivity index (χ1n) is 15.7. The van der Waals surface area contributed by atoms with E-state index in [2.05, 4.69) is 0 Å². The monoisotopic (exact) mass is 836 g/mol. The summed E-state index contributed by atoms with van der Waals surface area (Å²) in [5, 5.41) is 36.6. The fraction of sp³-hybridized carbons (Fsp3) is 0.625. The molecule has 0 saturated carbocycles. The maximum absolute atomic E-state index is 14.6. The molecule has 4 N–H and O–H groups in total. The Morgan fingerprint density at radius 1 is 0.527 bits per heavy atom. The van der Waals surface area contributed by atoms with Crippen LogP contribution in [0.1, 0.15) is 37.7 Å². The van der Waals surface area contributed by atoms with Crippen molar-refractivity contribution in [2.24, 2.45) is 0 Å². The highest BCUT2D eigenvalue weighted by atomic mass is 19.4. The van der Waals surface area contributed by atoms with E-state index in [4.69, 9.17) is 19.7 Å². The molecular formula is C32H33F17O6. The lowest BCUT2D eigenvalue weighted by molar-refractivity contribution is -0.461. The summed E-state index contributed by atoms with van der Waals surface area (Å²) in [6, 6.07) is 9.44. The Morgan fingerprint density at radius 2 is 1.02 bits per heavy atom. The molecule has 0 aromatic heterocycles. The minimum absolute atomic E-state index is 0.117. The van der Waals surface area contributed by atoms with E-state index < -0.39 is 92.3 Å². The van der Waals surface area contributed by atoms with Crippen LogP contribution in [0.2, 0.25) is 0 Å². The van der Waals surface area contributed by atoms with Gasteiger partial charge in [0.1, 0.15) is 24.2 Å². The first kappa shape index (κ1) is 47.8. The van der Waals surface area contributed by atoms with Crippen LogP contribution >= 0.6 is 0 Å². The number of unbranched alkanes of at least 4 members (excludes halogenated alkanes) is 1. The van der Waals surface area contributed by atoms with Gasteiger partial charge in [0.05, 0.1) is 25.9 Å². The molecule has 0 saturated heterocycles. The van der Waals surface area contributed by atoms with Crippen LogP contribution in [0, 0.1) is 0 Å². The first-order chi connectivity index (χ1) is 25.0. The maximum atomic E-state index is 14.6. The standard InChI is InChI=1S/C32H33F17O6/c33-25(34,26(35,36)27(37,38)28(39,40)29(41,42)30(43,44)31(45,46)32(47,48)49)12-3-4-20-14-19(8-11-24(20)54-13-2-1-5-21(52)15-50)18-6-9-23(10-7-18)55-17-22(53)16-51/h6-11,14,21-22,50-53H,1-5,12-13,15-17H2. The van der Waals surface area contributed by atoms with Gasteiger partial charge in [-0.3, -0.25) is 0 Å². The van der Waals surface area contributed by atoms with Crippen molar-refractivity contribution >= 4 is 0 Å². The molecule has 2 aromatic carbocycles. The van der Waals surface area contributed by atoms with Gasteiger partial charge in [-0.25, -0.2) is 0 Å². The fourth-order valence-electron chi connectivity index (χ4n) is 4.69. The summed E-state index contributed by atoms with van der Waals surface area (Å²) in [6.07, 6.45) is -14.4. The summed E-state index contributed by atoms with van der Waals surface area (Å²) >= 11 is 0. The zero-order chi connectivity index (χ0) is 42.5. The molecule has 0 aliphatic carbocycles. The molecule has 2 atom stereocenters. The number of alkyl halides is 17. The normalized spacial score (nSPS) is 15.2. The first-order valence-corrected chi connectivity index (χ1v) is 15.7. The average Bonchev–Trinajstić information content (AvgIpc) is 3.09. The number of halogens is 17. The van der Waals surface area contributed by atoms with Crippen LogP contribution in [-0.2, 0) is 6.42 Å². The molecule has 0 amide bonds. The third-order valence-electron chi connectivity index (χ3n) is 8.03. The predicted octanol–water partition coefficient (Wildman–Crippen LogP) is 8.32. The summed E-state index contributed by atoms with van der Waals surface area (Å²) in [5.74, 6) is -56.8. The smallest absolute Gasteiger partial charge is 0.460 e. The second-order valence-corrected chi connectivity index (χ2v) is 12.2. The number of ether oxygens (including phenoxy) is 2. The predicted molar refractivity (Wildman–Crippen MR) is 157 cm³/mol. The highest BCUT2D eigenvalue weighted by Crippen LogP contribution is 2.64. The van der Waals surface area contributed by atoms with E-state index in [1.165, 1.54) is 42.5 Å². The molecule has 0 aliphatic heterocycles. The van der Waals surface area contributed by atoms with Crippen molar-refractivity contribution in [1.82, 2.24) is 0 Å². The average molecular weight is 837 g/mol. The zero-order valence-corrected chi connectivity index (χ0v) is 27.8. The SMILES string of the molecule is OCC(O)CCCCOc1ccc(-c2ccc(OCC(O)CO)cc2)cc1CCCC(F)(F)C(F)(F)C(F)(F)C(F)(F)C(F)(F)C(F)(F)C(F)(F)C(F)(F)F. The number of hydrogen-bond acceptors (Lipinski definition) is 6.